The maximum absolute atomic E-state index is 3.69. The normalized spacial score (nSPS) is 24.0. The quantitative estimate of drug-likeness (QED) is 0.873. The van der Waals surface area contributed by atoms with Crippen LogP contribution in [0.5, 0.6) is 0 Å². The van der Waals surface area contributed by atoms with Gasteiger partial charge in [-0.15, -0.1) is 0 Å². The van der Waals surface area contributed by atoms with E-state index in [1.807, 2.05) is 0 Å². The molecule has 104 valence electrons. The molecule has 0 aromatic heterocycles. The number of aryl methyl sites for hydroxylation is 2. The molecule has 1 N–H and O–H groups in total. The van der Waals surface area contributed by atoms with Crippen molar-refractivity contribution >= 4 is 0 Å². The summed E-state index contributed by atoms with van der Waals surface area (Å²) in [7, 11) is 0. The molecule has 2 aliphatic rings. The average molecular weight is 258 g/mol. The summed E-state index contributed by atoms with van der Waals surface area (Å²) in [5.74, 6) is 0. The van der Waals surface area contributed by atoms with Crippen molar-refractivity contribution in [1.82, 2.24) is 10.2 Å². The van der Waals surface area contributed by atoms with Crippen LogP contribution in [0.3, 0.4) is 0 Å². The zero-order valence-electron chi connectivity index (χ0n) is 12.3. The van der Waals surface area contributed by atoms with Crippen LogP contribution in [0.2, 0.25) is 0 Å². The molecule has 0 spiro atoms. The van der Waals surface area contributed by atoms with Crippen LogP contribution in [-0.2, 0) is 6.54 Å². The second kappa shape index (κ2) is 5.64. The van der Waals surface area contributed by atoms with E-state index in [1.54, 1.807) is 0 Å². The van der Waals surface area contributed by atoms with Gasteiger partial charge in [-0.2, -0.15) is 0 Å². The van der Waals surface area contributed by atoms with Crippen LogP contribution in [-0.4, -0.2) is 30.1 Å². The van der Waals surface area contributed by atoms with E-state index in [1.165, 1.54) is 55.5 Å². The molecule has 2 heteroatoms. The van der Waals surface area contributed by atoms with Gasteiger partial charge in [0.05, 0.1) is 0 Å². The summed E-state index contributed by atoms with van der Waals surface area (Å²) >= 11 is 0. The lowest BCUT2D eigenvalue weighted by Crippen LogP contribution is -2.38. The van der Waals surface area contributed by atoms with Gasteiger partial charge in [0.15, 0.2) is 0 Å². The smallest absolute Gasteiger partial charge is 0.0237 e. The van der Waals surface area contributed by atoms with E-state index in [4.69, 9.17) is 0 Å². The van der Waals surface area contributed by atoms with E-state index >= 15 is 0 Å². The van der Waals surface area contributed by atoms with Crippen LogP contribution in [0.4, 0.5) is 0 Å². The van der Waals surface area contributed by atoms with Crippen LogP contribution < -0.4 is 5.32 Å². The zero-order chi connectivity index (χ0) is 13.2. The lowest BCUT2D eigenvalue weighted by molar-refractivity contribution is 0.239. The van der Waals surface area contributed by atoms with E-state index in [0.717, 1.165) is 18.6 Å². The van der Waals surface area contributed by atoms with Crippen molar-refractivity contribution < 1.29 is 0 Å². The Bertz CT molecular complexity index is 437. The van der Waals surface area contributed by atoms with Crippen molar-refractivity contribution in [3.8, 4) is 0 Å². The van der Waals surface area contributed by atoms with Crippen LogP contribution in [0, 0.1) is 13.8 Å². The van der Waals surface area contributed by atoms with Crippen molar-refractivity contribution in [3.05, 3.63) is 34.9 Å². The second-order valence-electron chi connectivity index (χ2n) is 6.37. The molecule has 1 aliphatic heterocycles. The summed E-state index contributed by atoms with van der Waals surface area (Å²) in [6.45, 7) is 7.99. The zero-order valence-corrected chi connectivity index (χ0v) is 12.3. The van der Waals surface area contributed by atoms with Gasteiger partial charge in [0.25, 0.3) is 0 Å². The molecule has 1 aliphatic carbocycles. The Morgan fingerprint density at radius 3 is 2.74 bits per heavy atom. The minimum absolute atomic E-state index is 0.752. The Morgan fingerprint density at radius 1 is 1.16 bits per heavy atom. The minimum Gasteiger partial charge on any atom is -0.312 e. The van der Waals surface area contributed by atoms with Crippen LogP contribution >= 0.6 is 0 Å². The Kier molecular flexibility index (Phi) is 3.90. The molecule has 0 amide bonds. The first-order chi connectivity index (χ1) is 9.22. The van der Waals surface area contributed by atoms with Crippen molar-refractivity contribution in [2.75, 3.05) is 13.1 Å². The van der Waals surface area contributed by atoms with Gasteiger partial charge in [-0.3, -0.25) is 4.90 Å². The van der Waals surface area contributed by atoms with Gasteiger partial charge in [-0.05, 0) is 62.8 Å². The highest BCUT2D eigenvalue weighted by atomic mass is 15.2. The fourth-order valence-corrected chi connectivity index (χ4v) is 3.06. The van der Waals surface area contributed by atoms with Crippen molar-refractivity contribution in [2.45, 2.75) is 58.2 Å². The van der Waals surface area contributed by atoms with Gasteiger partial charge < -0.3 is 5.32 Å². The molecule has 1 atom stereocenters. The fourth-order valence-electron chi connectivity index (χ4n) is 3.06. The van der Waals surface area contributed by atoms with Gasteiger partial charge in [0.2, 0.25) is 0 Å². The molecule has 1 saturated heterocycles. The number of hydrogen-bond donors (Lipinski definition) is 1. The van der Waals surface area contributed by atoms with Crippen LogP contribution in [0.25, 0.3) is 0 Å². The van der Waals surface area contributed by atoms with E-state index in [9.17, 15) is 0 Å². The summed E-state index contributed by atoms with van der Waals surface area (Å²) in [4.78, 5) is 2.67. The Labute approximate surface area is 117 Å². The first kappa shape index (κ1) is 13.1. The highest BCUT2D eigenvalue weighted by molar-refractivity contribution is 5.29. The number of hydrogen-bond acceptors (Lipinski definition) is 2. The molecule has 1 saturated carbocycles. The number of rotatable bonds is 5. The Balaban J connectivity index is 1.58. The molecule has 1 unspecified atom stereocenters. The minimum atomic E-state index is 0.752. The third-order valence-electron chi connectivity index (χ3n) is 4.68. The average Bonchev–Trinajstić information content (AvgIpc) is 3.12. The third kappa shape index (κ3) is 3.37. The van der Waals surface area contributed by atoms with Gasteiger partial charge in [-0.25, -0.2) is 0 Å². The number of benzene rings is 1. The largest absolute Gasteiger partial charge is 0.312 e. The van der Waals surface area contributed by atoms with Gasteiger partial charge >= 0.3 is 0 Å². The van der Waals surface area contributed by atoms with Crippen molar-refractivity contribution in [1.29, 1.82) is 0 Å². The first-order valence-corrected chi connectivity index (χ1v) is 7.76. The van der Waals surface area contributed by atoms with E-state index in [2.05, 4.69) is 42.3 Å². The third-order valence-corrected chi connectivity index (χ3v) is 4.68. The predicted molar refractivity (Wildman–Crippen MR) is 80.4 cm³/mol. The van der Waals surface area contributed by atoms with E-state index in [-0.39, 0.29) is 0 Å². The molecule has 1 aromatic rings. The summed E-state index contributed by atoms with van der Waals surface area (Å²) in [6, 6.07) is 8.51. The van der Waals surface area contributed by atoms with Crippen LogP contribution in [0.15, 0.2) is 18.2 Å². The highest BCUT2D eigenvalue weighted by Crippen LogP contribution is 2.23. The van der Waals surface area contributed by atoms with Crippen molar-refractivity contribution in [3.63, 3.8) is 0 Å². The van der Waals surface area contributed by atoms with Crippen LogP contribution in [0.1, 0.15) is 42.4 Å². The summed E-state index contributed by atoms with van der Waals surface area (Å²) in [6.07, 6.45) is 5.51. The van der Waals surface area contributed by atoms with Gasteiger partial charge in [0, 0.05) is 25.2 Å². The molecule has 1 heterocycles. The topological polar surface area (TPSA) is 15.3 Å². The molecule has 19 heavy (non-hydrogen) atoms. The molecule has 2 fully saturated rings. The van der Waals surface area contributed by atoms with E-state index in [0.29, 0.717) is 0 Å². The fraction of sp³-hybridized carbons (Fsp3) is 0.647. The number of nitrogens with zero attached hydrogens (tertiary/aromatic N) is 1. The summed E-state index contributed by atoms with van der Waals surface area (Å²) in [5.41, 5.74) is 4.29. The molecular formula is C17H26N2. The molecule has 3 rings (SSSR count). The maximum Gasteiger partial charge on any atom is 0.0237 e. The standard InChI is InChI=1S/C17H26N2/c1-13-5-6-15(10-14(13)2)12-19-9-3-4-17(19)11-18-16-7-8-16/h5-6,10,16-18H,3-4,7-9,11-12H2,1-2H3. The lowest BCUT2D eigenvalue weighted by Gasteiger charge is -2.25. The molecule has 0 radical (unpaired) electrons. The molecule has 0 bridgehead atoms. The molecule has 1 aromatic carbocycles. The van der Waals surface area contributed by atoms with Gasteiger partial charge in [0.1, 0.15) is 0 Å². The van der Waals surface area contributed by atoms with E-state index < -0.39 is 0 Å². The Morgan fingerprint density at radius 2 is 2.00 bits per heavy atom. The number of likely N-dealkylation sites (tertiary alicyclic amines) is 1. The summed E-state index contributed by atoms with van der Waals surface area (Å²) in [5, 5.41) is 3.69. The lowest BCUT2D eigenvalue weighted by atomic mass is 10.1. The Hall–Kier alpha value is -0.860. The highest BCUT2D eigenvalue weighted by Gasteiger charge is 2.27. The maximum atomic E-state index is 3.69. The number of nitrogens with one attached hydrogen (secondary N) is 1. The SMILES string of the molecule is Cc1ccc(CN2CCCC2CNC2CC2)cc1C. The molecular weight excluding hydrogens is 232 g/mol. The monoisotopic (exact) mass is 258 g/mol. The molecule has 2 nitrogen and oxygen atoms in total. The predicted octanol–water partition coefficient (Wildman–Crippen LogP) is 3.02. The second-order valence-corrected chi connectivity index (χ2v) is 6.37. The van der Waals surface area contributed by atoms with Gasteiger partial charge in [-0.1, -0.05) is 18.2 Å². The van der Waals surface area contributed by atoms with Crippen molar-refractivity contribution in [2.24, 2.45) is 0 Å². The first-order valence-electron chi connectivity index (χ1n) is 7.76. The summed E-state index contributed by atoms with van der Waals surface area (Å²) < 4.78 is 0.